The maximum atomic E-state index is 11.8. The van der Waals surface area contributed by atoms with E-state index in [1.807, 2.05) is 6.20 Å². The number of halogens is 1. The molecule has 0 aromatic carbocycles. The molecule has 0 atom stereocenters. The van der Waals surface area contributed by atoms with Gasteiger partial charge in [0, 0.05) is 25.4 Å². The molecular weight excluding hydrogens is 228 g/mol. The van der Waals surface area contributed by atoms with Crippen molar-refractivity contribution in [1.82, 2.24) is 9.88 Å². The van der Waals surface area contributed by atoms with Gasteiger partial charge >= 0.3 is 0 Å². The first-order chi connectivity index (χ1) is 7.61. The Balaban J connectivity index is 2.41. The van der Waals surface area contributed by atoms with Crippen LogP contribution in [0.15, 0.2) is 11.2 Å². The van der Waals surface area contributed by atoms with Crippen molar-refractivity contribution >= 4 is 28.9 Å². The molecule has 4 nitrogen and oxygen atoms in total. The van der Waals surface area contributed by atoms with Gasteiger partial charge in [0.05, 0.1) is 5.70 Å². The van der Waals surface area contributed by atoms with Gasteiger partial charge in [-0.1, -0.05) is 11.6 Å². The maximum Gasteiger partial charge on any atom is 0.251 e. The van der Waals surface area contributed by atoms with Gasteiger partial charge in [0.2, 0.25) is 5.78 Å². The van der Waals surface area contributed by atoms with Crippen LogP contribution in [0.2, 0.25) is 0 Å². The number of allylic oxidation sites excluding steroid dienone is 1. The SMILES string of the molecule is Cn1cc2c3c1C(=O)C(=O)C(Cl)=C3NCC2. The second kappa shape index (κ2) is 2.98. The Morgan fingerprint density at radius 2 is 2.12 bits per heavy atom. The number of Topliss-reactive ketones (excluding diaryl/α,β-unsaturated/α-hetero) is 2. The van der Waals surface area contributed by atoms with Gasteiger partial charge in [0.1, 0.15) is 10.7 Å². The molecule has 1 aromatic rings. The van der Waals surface area contributed by atoms with Crippen LogP contribution in [0.4, 0.5) is 0 Å². The molecule has 1 aliphatic carbocycles. The number of carbonyl (C=O) groups excluding carboxylic acids is 2. The van der Waals surface area contributed by atoms with Crippen LogP contribution < -0.4 is 5.32 Å². The van der Waals surface area contributed by atoms with Gasteiger partial charge in [-0.15, -0.1) is 0 Å². The van der Waals surface area contributed by atoms with Crippen LogP contribution in [0.3, 0.4) is 0 Å². The number of aryl methyl sites for hydroxylation is 1. The number of nitrogens with one attached hydrogen (secondary N) is 1. The topological polar surface area (TPSA) is 51.1 Å². The molecule has 5 heteroatoms. The summed E-state index contributed by atoms with van der Waals surface area (Å²) in [5, 5.41) is 3.11. The molecule has 2 heterocycles. The molecular formula is C11H9ClN2O2. The van der Waals surface area contributed by atoms with Crippen molar-refractivity contribution < 1.29 is 9.59 Å². The van der Waals surface area contributed by atoms with E-state index in [1.165, 1.54) is 0 Å². The van der Waals surface area contributed by atoms with Crippen LogP contribution in [0, 0.1) is 0 Å². The second-order valence-electron chi connectivity index (χ2n) is 4.01. The van der Waals surface area contributed by atoms with Crippen LogP contribution in [-0.2, 0) is 18.3 Å². The van der Waals surface area contributed by atoms with E-state index >= 15 is 0 Å². The third kappa shape index (κ3) is 0.998. The standard InChI is InChI=1S/C11H9ClN2O2/c1-14-4-5-2-3-13-8-6(5)9(14)11(16)10(15)7(8)12/h4,13H,2-3H2,1H3. The van der Waals surface area contributed by atoms with Crippen LogP contribution in [0.25, 0.3) is 5.70 Å². The van der Waals surface area contributed by atoms with E-state index in [9.17, 15) is 9.59 Å². The zero-order chi connectivity index (χ0) is 11.4. The highest BCUT2D eigenvalue weighted by atomic mass is 35.5. The Labute approximate surface area is 96.9 Å². The van der Waals surface area contributed by atoms with E-state index < -0.39 is 11.6 Å². The molecule has 3 rings (SSSR count). The largest absolute Gasteiger partial charge is 0.383 e. The molecule has 0 amide bonds. The summed E-state index contributed by atoms with van der Waals surface area (Å²) in [6.07, 6.45) is 2.74. The number of carbonyl (C=O) groups is 2. The van der Waals surface area contributed by atoms with Crippen LogP contribution in [0.1, 0.15) is 21.6 Å². The third-order valence-electron chi connectivity index (χ3n) is 3.05. The molecule has 16 heavy (non-hydrogen) atoms. The highest BCUT2D eigenvalue weighted by Crippen LogP contribution is 2.35. The number of nitrogens with zero attached hydrogens (tertiary/aromatic N) is 1. The molecule has 0 fully saturated rings. The lowest BCUT2D eigenvalue weighted by Gasteiger charge is -2.23. The van der Waals surface area contributed by atoms with Gasteiger partial charge in [-0.3, -0.25) is 9.59 Å². The Kier molecular flexibility index (Phi) is 1.80. The van der Waals surface area contributed by atoms with Crippen molar-refractivity contribution in [3.05, 3.63) is 28.0 Å². The second-order valence-corrected chi connectivity index (χ2v) is 4.39. The van der Waals surface area contributed by atoms with Crippen LogP contribution >= 0.6 is 11.6 Å². The summed E-state index contributed by atoms with van der Waals surface area (Å²) in [5.74, 6) is -1.13. The Hall–Kier alpha value is -1.55. The Bertz CT molecular complexity index is 569. The minimum atomic E-state index is -0.619. The lowest BCUT2D eigenvalue weighted by Crippen LogP contribution is -2.31. The zero-order valence-corrected chi connectivity index (χ0v) is 9.39. The molecule has 0 radical (unpaired) electrons. The van der Waals surface area contributed by atoms with Crippen LogP contribution in [-0.4, -0.2) is 22.7 Å². The van der Waals surface area contributed by atoms with Gasteiger partial charge in [0.15, 0.2) is 0 Å². The molecule has 2 aliphatic rings. The van der Waals surface area contributed by atoms with Crippen molar-refractivity contribution in [2.24, 2.45) is 7.05 Å². The smallest absolute Gasteiger partial charge is 0.251 e. The van der Waals surface area contributed by atoms with Gasteiger partial charge in [0.25, 0.3) is 5.78 Å². The average molecular weight is 237 g/mol. The summed E-state index contributed by atoms with van der Waals surface area (Å²) in [6.45, 7) is 0.740. The lowest BCUT2D eigenvalue weighted by molar-refractivity contribution is -0.111. The number of hydrogen-bond donors (Lipinski definition) is 1. The van der Waals surface area contributed by atoms with E-state index in [0.29, 0.717) is 11.4 Å². The summed E-state index contributed by atoms with van der Waals surface area (Å²) in [6, 6.07) is 0. The van der Waals surface area contributed by atoms with E-state index in [0.717, 1.165) is 24.1 Å². The Morgan fingerprint density at radius 3 is 2.88 bits per heavy atom. The number of rotatable bonds is 0. The predicted octanol–water partition coefficient (Wildman–Crippen LogP) is 0.844. The van der Waals surface area contributed by atoms with Gasteiger partial charge in [-0.25, -0.2) is 0 Å². The summed E-state index contributed by atoms with van der Waals surface area (Å²) >= 11 is 5.91. The van der Waals surface area contributed by atoms with Gasteiger partial charge < -0.3 is 9.88 Å². The highest BCUT2D eigenvalue weighted by molar-refractivity contribution is 6.64. The zero-order valence-electron chi connectivity index (χ0n) is 8.63. The van der Waals surface area contributed by atoms with Crippen molar-refractivity contribution in [1.29, 1.82) is 0 Å². The molecule has 0 saturated heterocycles. The first-order valence-electron chi connectivity index (χ1n) is 5.02. The first-order valence-corrected chi connectivity index (χ1v) is 5.40. The summed E-state index contributed by atoms with van der Waals surface area (Å²) in [5.41, 5.74) is 2.95. The van der Waals surface area contributed by atoms with E-state index in [2.05, 4.69) is 5.32 Å². The minimum Gasteiger partial charge on any atom is -0.383 e. The average Bonchev–Trinajstić information content (AvgIpc) is 2.60. The molecule has 0 unspecified atom stereocenters. The van der Waals surface area contributed by atoms with Crippen molar-refractivity contribution in [2.45, 2.75) is 6.42 Å². The van der Waals surface area contributed by atoms with Crippen LogP contribution in [0.5, 0.6) is 0 Å². The van der Waals surface area contributed by atoms with Gasteiger partial charge in [-0.2, -0.15) is 0 Å². The highest BCUT2D eigenvalue weighted by Gasteiger charge is 2.37. The Morgan fingerprint density at radius 1 is 1.38 bits per heavy atom. The van der Waals surface area contributed by atoms with E-state index in [-0.39, 0.29) is 5.03 Å². The van der Waals surface area contributed by atoms with Gasteiger partial charge in [-0.05, 0) is 12.0 Å². The molecule has 0 spiro atoms. The first kappa shape index (κ1) is 9.66. The molecule has 82 valence electrons. The molecule has 0 saturated carbocycles. The number of ketones is 2. The fourth-order valence-corrected chi connectivity index (χ4v) is 2.60. The summed E-state index contributed by atoms with van der Waals surface area (Å²) < 4.78 is 1.71. The maximum absolute atomic E-state index is 11.8. The van der Waals surface area contributed by atoms with E-state index in [1.54, 1.807) is 11.6 Å². The molecule has 1 aliphatic heterocycles. The monoisotopic (exact) mass is 236 g/mol. The van der Waals surface area contributed by atoms with E-state index in [4.69, 9.17) is 11.6 Å². The summed E-state index contributed by atoms with van der Waals surface area (Å²) in [4.78, 5) is 23.5. The van der Waals surface area contributed by atoms with Crippen molar-refractivity contribution in [2.75, 3.05) is 6.54 Å². The number of aromatic nitrogens is 1. The molecule has 1 aromatic heterocycles. The predicted molar refractivity (Wildman–Crippen MR) is 59.2 cm³/mol. The quantitative estimate of drug-likeness (QED) is 0.680. The minimum absolute atomic E-state index is 0.0182. The lowest BCUT2D eigenvalue weighted by atomic mass is 9.92. The normalized spacial score (nSPS) is 18.6. The molecule has 0 bridgehead atoms. The summed E-state index contributed by atoms with van der Waals surface area (Å²) in [7, 11) is 1.77. The fraction of sp³-hybridized carbons (Fsp3) is 0.273. The van der Waals surface area contributed by atoms with Crippen molar-refractivity contribution in [3.8, 4) is 0 Å². The third-order valence-corrected chi connectivity index (χ3v) is 3.41. The van der Waals surface area contributed by atoms with Crippen molar-refractivity contribution in [3.63, 3.8) is 0 Å². The number of hydrogen-bond acceptors (Lipinski definition) is 3. The fourth-order valence-electron chi connectivity index (χ4n) is 2.35. The molecule has 1 N–H and O–H groups in total.